The van der Waals surface area contributed by atoms with Crippen LogP contribution in [0.1, 0.15) is 46.0 Å². The van der Waals surface area contributed by atoms with Gasteiger partial charge < -0.3 is 68.9 Å². The molecule has 264 valence electrons. The molecule has 11 atom stereocenters. The lowest BCUT2D eigenvalue weighted by Gasteiger charge is -2.45. The Morgan fingerprint density at radius 2 is 1.20 bits per heavy atom. The summed E-state index contributed by atoms with van der Waals surface area (Å²) in [5.74, 6) is -0.987. The lowest BCUT2D eigenvalue weighted by atomic mass is 9.96. The van der Waals surface area contributed by atoms with Crippen molar-refractivity contribution in [1.29, 1.82) is 0 Å². The quantitative estimate of drug-likeness (QED) is 0.0566. The molecule has 2 aliphatic rings. The lowest BCUT2D eigenvalue weighted by molar-refractivity contribution is -0.304. The second kappa shape index (κ2) is 20.1. The normalized spacial score (nSPS) is 33.4. The summed E-state index contributed by atoms with van der Waals surface area (Å²) in [5.41, 5.74) is 0. The van der Waals surface area contributed by atoms with Gasteiger partial charge in [-0.1, -0.05) is 0 Å². The van der Waals surface area contributed by atoms with Crippen LogP contribution >= 0.6 is 7.60 Å². The molecule has 0 spiro atoms. The van der Waals surface area contributed by atoms with E-state index in [2.05, 4.69) is 10.6 Å². The number of hydrogen-bond donors (Lipinski definition) is 7. The molecule has 0 aromatic carbocycles. The number of aliphatic hydroxyl groups is 4. The summed E-state index contributed by atoms with van der Waals surface area (Å²) < 4.78 is 50.0. The van der Waals surface area contributed by atoms with Gasteiger partial charge in [0, 0.05) is 47.4 Å². The molecule has 45 heavy (non-hydrogen) atoms. The highest BCUT2D eigenvalue weighted by Gasteiger charge is 2.48. The first-order valence-electron chi connectivity index (χ1n) is 15.1. The largest absolute Gasteiger partial charge is 0.388 e. The zero-order valence-corrected chi connectivity index (χ0v) is 27.2. The fraction of sp³-hybridized carbons (Fsp3) is 0.926. The summed E-state index contributed by atoms with van der Waals surface area (Å²) in [6.45, 7) is 4.14. The van der Waals surface area contributed by atoms with Gasteiger partial charge in [0.05, 0.1) is 19.8 Å². The van der Waals surface area contributed by atoms with Gasteiger partial charge in [-0.3, -0.25) is 14.2 Å². The van der Waals surface area contributed by atoms with E-state index in [0.29, 0.717) is 25.9 Å². The smallest absolute Gasteiger partial charge is 0.325 e. The van der Waals surface area contributed by atoms with E-state index in [-0.39, 0.29) is 33.0 Å². The Morgan fingerprint density at radius 1 is 0.711 bits per heavy atom. The van der Waals surface area contributed by atoms with Crippen LogP contribution in [0.25, 0.3) is 0 Å². The molecule has 0 aromatic heterocycles. The summed E-state index contributed by atoms with van der Waals surface area (Å²) in [7, 11) is -1.95. The number of methoxy groups -OCH3 is 1. The molecule has 0 bridgehead atoms. The van der Waals surface area contributed by atoms with Crippen molar-refractivity contribution < 1.29 is 72.4 Å². The van der Waals surface area contributed by atoms with Crippen LogP contribution in [0.4, 0.5) is 0 Å². The van der Waals surface area contributed by atoms with Gasteiger partial charge in [-0.05, 0) is 32.1 Å². The maximum atomic E-state index is 11.9. The number of hydrogen-bond acceptors (Lipinski definition) is 14. The molecular formula is C27H51N2O15P. The molecule has 11 unspecified atom stereocenters. The van der Waals surface area contributed by atoms with Gasteiger partial charge in [-0.2, -0.15) is 0 Å². The molecule has 2 amide bonds. The number of carbonyl (C=O) groups excluding carboxylic acids is 2. The molecule has 0 aliphatic carbocycles. The molecule has 2 heterocycles. The van der Waals surface area contributed by atoms with Gasteiger partial charge in [0.25, 0.3) is 0 Å². The zero-order chi connectivity index (χ0) is 33.6. The zero-order valence-electron chi connectivity index (χ0n) is 26.3. The monoisotopic (exact) mass is 674 g/mol. The van der Waals surface area contributed by atoms with Gasteiger partial charge in [-0.25, -0.2) is 0 Å². The van der Waals surface area contributed by atoms with E-state index in [0.717, 1.165) is 19.5 Å². The van der Waals surface area contributed by atoms with Gasteiger partial charge in [0.15, 0.2) is 12.6 Å². The standard InChI is InChI=1S/C27H51N2O15P/c1-16(30)28-20-24(34)23(33)19(44-26(20)40-12-7-5-6-10-38-3)15-41-27-21(29-17(2)31)25(35)22(32)18(43-27)14-39-11-8-9-13-42-45(4,36)37/h18-27,32-35H,5-15H2,1-4H3,(H,28,30)(H,29,31)(H,36,37). The van der Waals surface area contributed by atoms with Gasteiger partial charge in [0.2, 0.25) is 11.8 Å². The highest BCUT2D eigenvalue weighted by Crippen LogP contribution is 2.36. The third-order valence-electron chi connectivity index (χ3n) is 7.14. The predicted octanol–water partition coefficient (Wildman–Crippen LogP) is -1.63. The molecule has 2 saturated heterocycles. The molecule has 0 radical (unpaired) electrons. The topological polar surface area (TPSA) is 241 Å². The van der Waals surface area contributed by atoms with Crippen LogP contribution in [0.3, 0.4) is 0 Å². The van der Waals surface area contributed by atoms with Gasteiger partial charge in [0.1, 0.15) is 48.7 Å². The van der Waals surface area contributed by atoms with E-state index in [1.54, 1.807) is 7.11 Å². The minimum absolute atomic E-state index is 0.0683. The number of ether oxygens (including phenoxy) is 6. The number of carbonyl (C=O) groups is 2. The first-order chi connectivity index (χ1) is 21.2. The Hall–Kier alpha value is -1.31. The molecular weight excluding hydrogens is 623 g/mol. The van der Waals surface area contributed by atoms with E-state index in [1.807, 2.05) is 0 Å². The Bertz CT molecular complexity index is 927. The summed E-state index contributed by atoms with van der Waals surface area (Å²) >= 11 is 0. The van der Waals surface area contributed by atoms with Crippen molar-refractivity contribution in [3.05, 3.63) is 0 Å². The van der Waals surface area contributed by atoms with E-state index in [1.165, 1.54) is 13.8 Å². The minimum Gasteiger partial charge on any atom is -0.388 e. The Balaban J connectivity index is 2.01. The average Bonchev–Trinajstić information content (AvgIpc) is 2.96. The third kappa shape index (κ3) is 14.1. The maximum absolute atomic E-state index is 11.9. The van der Waals surface area contributed by atoms with Crippen LogP contribution in [0.5, 0.6) is 0 Å². The molecule has 0 aromatic rings. The maximum Gasteiger partial charge on any atom is 0.325 e. The van der Waals surface area contributed by atoms with Crippen LogP contribution in [-0.4, -0.2) is 152 Å². The fourth-order valence-corrected chi connectivity index (χ4v) is 5.32. The third-order valence-corrected chi connectivity index (χ3v) is 7.80. The Kier molecular flexibility index (Phi) is 17.8. The first kappa shape index (κ1) is 39.9. The summed E-state index contributed by atoms with van der Waals surface area (Å²) in [6, 6.07) is -2.27. The van der Waals surface area contributed by atoms with E-state index < -0.39 is 80.7 Å². The van der Waals surface area contributed by atoms with Crippen LogP contribution in [-0.2, 0) is 47.1 Å². The molecule has 2 rings (SSSR count). The summed E-state index contributed by atoms with van der Waals surface area (Å²) in [6.07, 6.45) is -7.42. The average molecular weight is 675 g/mol. The van der Waals surface area contributed by atoms with Crippen molar-refractivity contribution in [2.75, 3.05) is 53.4 Å². The highest BCUT2D eigenvalue weighted by atomic mass is 31.2. The first-order valence-corrected chi connectivity index (χ1v) is 17.1. The Morgan fingerprint density at radius 3 is 1.73 bits per heavy atom. The van der Waals surface area contributed by atoms with Crippen LogP contribution in [0.15, 0.2) is 0 Å². The molecule has 18 heteroatoms. The summed E-state index contributed by atoms with van der Waals surface area (Å²) in [4.78, 5) is 32.8. The molecule has 2 aliphatic heterocycles. The lowest BCUT2D eigenvalue weighted by Crippen LogP contribution is -2.66. The van der Waals surface area contributed by atoms with Crippen molar-refractivity contribution in [1.82, 2.24) is 10.6 Å². The van der Waals surface area contributed by atoms with Crippen molar-refractivity contribution in [2.45, 2.75) is 107 Å². The van der Waals surface area contributed by atoms with Crippen molar-refractivity contribution in [2.24, 2.45) is 0 Å². The Labute approximate surface area is 263 Å². The molecule has 17 nitrogen and oxygen atoms in total. The number of unbranched alkanes of at least 4 members (excludes halogenated alkanes) is 3. The number of aliphatic hydroxyl groups excluding tert-OH is 4. The van der Waals surface area contributed by atoms with Crippen LogP contribution < -0.4 is 10.6 Å². The van der Waals surface area contributed by atoms with Crippen LogP contribution in [0, 0.1) is 0 Å². The highest BCUT2D eigenvalue weighted by molar-refractivity contribution is 7.51. The van der Waals surface area contributed by atoms with E-state index in [9.17, 15) is 34.6 Å². The SMILES string of the molecule is COCCCCCOC1OC(COC2OC(COCCCCOP(C)(=O)O)C(O)C(O)C2NC(C)=O)C(O)C(O)C1NC(C)=O. The van der Waals surface area contributed by atoms with Crippen molar-refractivity contribution in [3.8, 4) is 0 Å². The van der Waals surface area contributed by atoms with E-state index >= 15 is 0 Å². The van der Waals surface area contributed by atoms with Crippen molar-refractivity contribution in [3.63, 3.8) is 0 Å². The van der Waals surface area contributed by atoms with Gasteiger partial charge >= 0.3 is 7.60 Å². The number of amides is 2. The van der Waals surface area contributed by atoms with E-state index in [4.69, 9.17) is 37.8 Å². The summed E-state index contributed by atoms with van der Waals surface area (Å²) in [5, 5.41) is 48.1. The second-order valence-electron chi connectivity index (χ2n) is 11.2. The molecule has 2 fully saturated rings. The number of rotatable bonds is 20. The molecule has 7 N–H and O–H groups in total. The number of nitrogens with one attached hydrogen (secondary N) is 2. The minimum atomic E-state index is -3.56. The fourth-order valence-electron chi connectivity index (χ4n) is 4.85. The molecule has 0 saturated carbocycles. The second-order valence-corrected chi connectivity index (χ2v) is 13.0. The predicted molar refractivity (Wildman–Crippen MR) is 156 cm³/mol. The van der Waals surface area contributed by atoms with Crippen molar-refractivity contribution >= 4 is 19.4 Å². The van der Waals surface area contributed by atoms with Gasteiger partial charge in [-0.15, -0.1) is 0 Å². The van der Waals surface area contributed by atoms with Crippen LogP contribution in [0.2, 0.25) is 0 Å².